The minimum Gasteiger partial charge on any atom is -0.497 e. The van der Waals surface area contributed by atoms with Crippen LogP contribution in [-0.4, -0.2) is 59.9 Å². The molecule has 0 radical (unpaired) electrons. The van der Waals surface area contributed by atoms with Crippen LogP contribution in [0.15, 0.2) is 35.0 Å². The lowest BCUT2D eigenvalue weighted by Gasteiger charge is -2.26. The maximum atomic E-state index is 13.7. The molecule has 10 nitrogen and oxygen atoms in total. The number of aryl methyl sites for hydroxylation is 1. The summed E-state index contributed by atoms with van der Waals surface area (Å²) in [7, 11) is 1.57. The molecule has 0 spiro atoms. The number of ketones is 2. The van der Waals surface area contributed by atoms with Gasteiger partial charge in [-0.2, -0.15) is 0 Å². The van der Waals surface area contributed by atoms with Crippen molar-refractivity contribution in [3.05, 3.63) is 47.3 Å². The Morgan fingerprint density at radius 3 is 2.38 bits per heavy atom. The molecule has 0 unspecified atom stereocenters. The van der Waals surface area contributed by atoms with Gasteiger partial charge in [0.2, 0.25) is 11.7 Å². The van der Waals surface area contributed by atoms with Gasteiger partial charge in [-0.25, -0.2) is 0 Å². The van der Waals surface area contributed by atoms with Crippen molar-refractivity contribution in [2.75, 3.05) is 13.7 Å². The molecule has 40 heavy (non-hydrogen) atoms. The van der Waals surface area contributed by atoms with E-state index in [0.29, 0.717) is 30.3 Å². The van der Waals surface area contributed by atoms with Gasteiger partial charge >= 0.3 is 0 Å². The molecule has 2 aromatic rings. The number of nitrogens with zero attached hydrogens (tertiary/aromatic N) is 1. The number of epoxide rings is 1. The van der Waals surface area contributed by atoms with E-state index in [1.165, 1.54) is 6.20 Å². The van der Waals surface area contributed by atoms with E-state index in [4.69, 9.17) is 14.0 Å². The van der Waals surface area contributed by atoms with E-state index < -0.39 is 29.5 Å². The van der Waals surface area contributed by atoms with Crippen LogP contribution in [-0.2, 0) is 25.5 Å². The van der Waals surface area contributed by atoms with Gasteiger partial charge in [-0.1, -0.05) is 43.0 Å². The number of carbonyl (C=O) groups excluding carboxylic acids is 4. The summed E-state index contributed by atoms with van der Waals surface area (Å²) in [5.74, 6) is -1.01. The second-order valence-electron chi connectivity index (χ2n) is 11.3. The molecule has 0 bridgehead atoms. The van der Waals surface area contributed by atoms with Gasteiger partial charge in [-0.05, 0) is 57.2 Å². The van der Waals surface area contributed by atoms with Crippen LogP contribution >= 0.6 is 0 Å². The quantitative estimate of drug-likeness (QED) is 0.340. The zero-order valence-corrected chi connectivity index (χ0v) is 23.7. The number of ether oxygens (including phenoxy) is 2. The van der Waals surface area contributed by atoms with Crippen LogP contribution in [0.4, 0.5) is 0 Å². The fraction of sp³-hybridized carbons (Fsp3) is 0.567. The number of carbonyl (C=O) groups is 4. The molecule has 216 valence electrons. The molecule has 1 aromatic carbocycles. The average molecular weight is 554 g/mol. The number of amides is 2. The van der Waals surface area contributed by atoms with Gasteiger partial charge in [-0.15, -0.1) is 0 Å². The maximum absolute atomic E-state index is 13.7. The fourth-order valence-electron chi connectivity index (χ4n) is 5.29. The number of aromatic nitrogens is 1. The van der Waals surface area contributed by atoms with Crippen molar-refractivity contribution in [2.24, 2.45) is 11.8 Å². The summed E-state index contributed by atoms with van der Waals surface area (Å²) in [6, 6.07) is 5.75. The molecule has 4 rings (SSSR count). The summed E-state index contributed by atoms with van der Waals surface area (Å²) in [4.78, 5) is 52.9. The van der Waals surface area contributed by atoms with Gasteiger partial charge in [0.05, 0.1) is 32.0 Å². The largest absolute Gasteiger partial charge is 0.497 e. The predicted molar refractivity (Wildman–Crippen MR) is 146 cm³/mol. The van der Waals surface area contributed by atoms with Gasteiger partial charge < -0.3 is 24.6 Å². The minimum absolute atomic E-state index is 0.0382. The molecule has 2 heterocycles. The SMILES string of the molecule is COc1ccc(C[C@H](CC(=O)[C@@H](C)NC(=O)c2oncc2C)C(=O)N[C@@H](CC2CCCC2)C(=O)[C@@]2(C)CO2)cc1. The first-order valence-corrected chi connectivity index (χ1v) is 14.0. The van der Waals surface area contributed by atoms with Crippen molar-refractivity contribution in [1.82, 2.24) is 15.8 Å². The fourth-order valence-corrected chi connectivity index (χ4v) is 5.29. The van der Waals surface area contributed by atoms with E-state index in [9.17, 15) is 19.2 Å². The average Bonchev–Trinajstić information content (AvgIpc) is 3.28. The number of benzene rings is 1. The minimum atomic E-state index is -0.866. The van der Waals surface area contributed by atoms with E-state index in [1.807, 2.05) is 12.1 Å². The van der Waals surface area contributed by atoms with Crippen molar-refractivity contribution in [2.45, 2.75) is 83.4 Å². The Morgan fingerprint density at radius 1 is 1.12 bits per heavy atom. The van der Waals surface area contributed by atoms with Crippen LogP contribution in [0.3, 0.4) is 0 Å². The van der Waals surface area contributed by atoms with E-state index in [1.54, 1.807) is 40.0 Å². The topological polar surface area (TPSA) is 140 Å². The maximum Gasteiger partial charge on any atom is 0.290 e. The third-order valence-corrected chi connectivity index (χ3v) is 8.02. The van der Waals surface area contributed by atoms with E-state index in [-0.39, 0.29) is 36.1 Å². The molecule has 2 N–H and O–H groups in total. The summed E-state index contributed by atoms with van der Waals surface area (Å²) in [5.41, 5.74) is 0.536. The lowest BCUT2D eigenvalue weighted by Crippen LogP contribution is -2.49. The molecule has 1 saturated carbocycles. The highest BCUT2D eigenvalue weighted by atomic mass is 16.6. The molecular weight excluding hydrogens is 514 g/mol. The summed E-state index contributed by atoms with van der Waals surface area (Å²) in [6.45, 7) is 5.36. The van der Waals surface area contributed by atoms with Crippen LogP contribution in [0.2, 0.25) is 0 Å². The number of hydrogen-bond acceptors (Lipinski definition) is 8. The number of nitrogens with one attached hydrogen (secondary N) is 2. The third kappa shape index (κ3) is 7.35. The zero-order valence-electron chi connectivity index (χ0n) is 23.7. The highest BCUT2D eigenvalue weighted by Crippen LogP contribution is 2.34. The standard InChI is InChI=1S/C30H39N3O7/c1-18-16-31-40-26(18)29(37)32-19(2)25(34)15-22(13-21-9-11-23(38-4)12-10-21)28(36)33-24(14-20-7-5-6-8-20)27(35)30(3)17-39-30/h9-12,16,19-20,22,24H,5-8,13-15,17H2,1-4H3,(H,32,37)(H,33,36)/t19-,22-,24+,30-/m1/s1. The van der Waals surface area contributed by atoms with Crippen molar-refractivity contribution in [3.63, 3.8) is 0 Å². The van der Waals surface area contributed by atoms with E-state index in [0.717, 1.165) is 31.2 Å². The molecular formula is C30H39N3O7. The van der Waals surface area contributed by atoms with Gasteiger partial charge in [0.1, 0.15) is 11.4 Å². The smallest absolute Gasteiger partial charge is 0.290 e. The van der Waals surface area contributed by atoms with Gasteiger partial charge in [0.25, 0.3) is 5.91 Å². The Labute approximate surface area is 234 Å². The molecule has 1 saturated heterocycles. The van der Waals surface area contributed by atoms with Gasteiger partial charge in [0, 0.05) is 17.9 Å². The predicted octanol–water partition coefficient (Wildman–Crippen LogP) is 3.35. The first-order valence-electron chi connectivity index (χ1n) is 14.0. The highest BCUT2D eigenvalue weighted by molar-refractivity contribution is 5.99. The van der Waals surface area contributed by atoms with Gasteiger partial charge in [0.15, 0.2) is 11.6 Å². The van der Waals surface area contributed by atoms with Crippen molar-refractivity contribution in [1.29, 1.82) is 0 Å². The number of hydrogen-bond donors (Lipinski definition) is 2. The summed E-state index contributed by atoms with van der Waals surface area (Å²) in [6.07, 6.45) is 6.47. The van der Waals surface area contributed by atoms with Crippen LogP contribution in [0.1, 0.15) is 74.1 Å². The van der Waals surface area contributed by atoms with Crippen molar-refractivity contribution < 1.29 is 33.2 Å². The number of Topliss-reactive ketones (excluding diaryl/α,β-unsaturated/α-hetero) is 2. The van der Waals surface area contributed by atoms with E-state index >= 15 is 0 Å². The zero-order chi connectivity index (χ0) is 28.9. The Bertz CT molecular complexity index is 1210. The first-order chi connectivity index (χ1) is 19.1. The Kier molecular flexibility index (Phi) is 9.40. The summed E-state index contributed by atoms with van der Waals surface area (Å²) in [5, 5.41) is 9.24. The van der Waals surface area contributed by atoms with Gasteiger partial charge in [-0.3, -0.25) is 19.2 Å². The molecule has 2 aliphatic rings. The molecule has 1 aliphatic carbocycles. The molecule has 4 atom stereocenters. The second-order valence-corrected chi connectivity index (χ2v) is 11.3. The number of methoxy groups -OCH3 is 1. The Hall–Kier alpha value is -3.53. The summed E-state index contributed by atoms with van der Waals surface area (Å²) >= 11 is 0. The Morgan fingerprint density at radius 2 is 1.80 bits per heavy atom. The second kappa shape index (κ2) is 12.8. The molecule has 1 aliphatic heterocycles. The molecule has 10 heteroatoms. The van der Waals surface area contributed by atoms with E-state index in [2.05, 4.69) is 15.8 Å². The highest BCUT2D eigenvalue weighted by Gasteiger charge is 2.50. The Balaban J connectivity index is 1.49. The lowest BCUT2D eigenvalue weighted by molar-refractivity contribution is -0.134. The van der Waals surface area contributed by atoms with Crippen molar-refractivity contribution in [3.8, 4) is 5.75 Å². The van der Waals surface area contributed by atoms with Crippen molar-refractivity contribution >= 4 is 23.4 Å². The molecule has 2 fully saturated rings. The normalized spacial score (nSPS) is 20.8. The number of rotatable bonds is 14. The third-order valence-electron chi connectivity index (χ3n) is 8.02. The monoisotopic (exact) mass is 553 g/mol. The van der Waals surface area contributed by atoms with Crippen LogP contribution < -0.4 is 15.4 Å². The van der Waals surface area contributed by atoms with Crippen LogP contribution in [0.5, 0.6) is 5.75 Å². The lowest BCUT2D eigenvalue weighted by atomic mass is 9.88. The molecule has 2 amide bonds. The van der Waals surface area contributed by atoms with Crippen LogP contribution in [0, 0.1) is 18.8 Å². The summed E-state index contributed by atoms with van der Waals surface area (Å²) < 4.78 is 15.6. The molecule has 1 aromatic heterocycles. The first kappa shape index (κ1) is 29.5. The van der Waals surface area contributed by atoms with Crippen LogP contribution in [0.25, 0.3) is 0 Å².